The predicted molar refractivity (Wildman–Crippen MR) is 65.2 cm³/mol. The maximum absolute atomic E-state index is 11.5. The van der Waals surface area contributed by atoms with Crippen LogP contribution in [0.15, 0.2) is 18.7 Å². The number of aryl methyl sites for hydroxylation is 2. The number of nitrogens with zero attached hydrogens (tertiary/aromatic N) is 4. The lowest BCUT2D eigenvalue weighted by Crippen LogP contribution is -2.05. The second-order valence-corrected chi connectivity index (χ2v) is 4.07. The molecule has 0 saturated heterocycles. The van der Waals surface area contributed by atoms with Crippen LogP contribution < -0.4 is 0 Å². The summed E-state index contributed by atoms with van der Waals surface area (Å²) in [6.45, 7) is 4.73. The van der Waals surface area contributed by atoms with E-state index in [4.69, 9.17) is 4.74 Å². The lowest BCUT2D eigenvalue weighted by atomic mass is 10.2. The van der Waals surface area contributed by atoms with Crippen molar-refractivity contribution in [2.24, 2.45) is 7.05 Å². The van der Waals surface area contributed by atoms with E-state index in [2.05, 4.69) is 10.1 Å². The summed E-state index contributed by atoms with van der Waals surface area (Å²) in [6.07, 6.45) is 5.27. The molecule has 2 rings (SSSR count). The first kappa shape index (κ1) is 12.3. The number of esters is 1. The molecule has 0 aliphatic rings. The van der Waals surface area contributed by atoms with Crippen LogP contribution in [0.1, 0.15) is 28.7 Å². The van der Waals surface area contributed by atoms with Crippen molar-refractivity contribution in [1.82, 2.24) is 19.3 Å². The van der Waals surface area contributed by atoms with Gasteiger partial charge in [-0.2, -0.15) is 5.10 Å². The lowest BCUT2D eigenvalue weighted by molar-refractivity contribution is 0.0520. The van der Waals surface area contributed by atoms with Crippen molar-refractivity contribution in [3.8, 4) is 0 Å². The van der Waals surface area contributed by atoms with Gasteiger partial charge in [0, 0.05) is 25.0 Å². The van der Waals surface area contributed by atoms with Gasteiger partial charge in [0.2, 0.25) is 0 Å². The van der Waals surface area contributed by atoms with Gasteiger partial charge in [-0.25, -0.2) is 9.78 Å². The topological polar surface area (TPSA) is 61.9 Å². The predicted octanol–water partition coefficient (Wildman–Crippen LogP) is 1.15. The summed E-state index contributed by atoms with van der Waals surface area (Å²) in [5, 5.41) is 4.27. The van der Waals surface area contributed by atoms with E-state index in [0.29, 0.717) is 18.8 Å². The molecule has 2 aromatic rings. The molecule has 18 heavy (non-hydrogen) atoms. The fraction of sp³-hybridized carbons (Fsp3) is 0.417. The van der Waals surface area contributed by atoms with Crippen LogP contribution >= 0.6 is 0 Å². The number of rotatable bonds is 4. The van der Waals surface area contributed by atoms with Crippen molar-refractivity contribution in [3.05, 3.63) is 35.7 Å². The fourth-order valence-corrected chi connectivity index (χ4v) is 1.76. The normalized spacial score (nSPS) is 10.6. The van der Waals surface area contributed by atoms with Gasteiger partial charge in [0.15, 0.2) is 5.69 Å². The number of ether oxygens (including phenoxy) is 1. The Bertz CT molecular complexity index is 556. The summed E-state index contributed by atoms with van der Waals surface area (Å²) in [6, 6.07) is 0. The zero-order chi connectivity index (χ0) is 13.1. The number of hydrogen-bond donors (Lipinski definition) is 0. The third kappa shape index (κ3) is 2.58. The van der Waals surface area contributed by atoms with Gasteiger partial charge in [-0.05, 0) is 13.8 Å². The summed E-state index contributed by atoms with van der Waals surface area (Å²) in [5.41, 5.74) is 2.41. The molecule has 0 unspecified atom stereocenters. The Hall–Kier alpha value is -2.11. The summed E-state index contributed by atoms with van der Waals surface area (Å²) in [4.78, 5) is 15.5. The van der Waals surface area contributed by atoms with Gasteiger partial charge >= 0.3 is 5.97 Å². The summed E-state index contributed by atoms with van der Waals surface area (Å²) >= 11 is 0. The van der Waals surface area contributed by atoms with E-state index in [1.54, 1.807) is 24.1 Å². The van der Waals surface area contributed by atoms with Gasteiger partial charge in [0.1, 0.15) is 0 Å². The first-order valence-corrected chi connectivity index (χ1v) is 5.78. The van der Waals surface area contributed by atoms with Gasteiger partial charge in [-0.3, -0.25) is 4.68 Å². The van der Waals surface area contributed by atoms with E-state index in [9.17, 15) is 4.79 Å². The van der Waals surface area contributed by atoms with E-state index in [0.717, 1.165) is 11.3 Å². The van der Waals surface area contributed by atoms with E-state index in [1.165, 1.54) is 0 Å². The van der Waals surface area contributed by atoms with E-state index in [1.807, 2.05) is 24.7 Å². The third-order valence-electron chi connectivity index (χ3n) is 2.59. The molecule has 0 fully saturated rings. The molecule has 0 N–H and O–H groups in total. The summed E-state index contributed by atoms with van der Waals surface area (Å²) < 4.78 is 8.50. The zero-order valence-corrected chi connectivity index (χ0v) is 10.8. The Balaban J connectivity index is 2.11. The van der Waals surface area contributed by atoms with Crippen molar-refractivity contribution < 1.29 is 9.53 Å². The highest BCUT2D eigenvalue weighted by molar-refractivity contribution is 5.86. The molecule has 0 radical (unpaired) electrons. The van der Waals surface area contributed by atoms with Crippen LogP contribution in [-0.4, -0.2) is 31.9 Å². The number of carbonyl (C=O) groups is 1. The Morgan fingerprint density at radius 1 is 1.44 bits per heavy atom. The van der Waals surface area contributed by atoms with Crippen LogP contribution in [0.2, 0.25) is 0 Å². The largest absolute Gasteiger partial charge is 0.461 e. The molecule has 6 heteroatoms. The van der Waals surface area contributed by atoms with Crippen LogP contribution in [0.4, 0.5) is 0 Å². The van der Waals surface area contributed by atoms with Crippen molar-refractivity contribution in [2.45, 2.75) is 20.4 Å². The molecule has 0 saturated carbocycles. The SMILES string of the molecule is CCOC(=O)c1cn(Cc2cn(C)nc2C)cn1. The molecule has 0 aromatic carbocycles. The molecule has 0 spiro atoms. The van der Waals surface area contributed by atoms with Crippen molar-refractivity contribution in [2.75, 3.05) is 6.61 Å². The monoisotopic (exact) mass is 248 g/mol. The molecule has 0 amide bonds. The van der Waals surface area contributed by atoms with Crippen LogP contribution in [0.3, 0.4) is 0 Å². The Morgan fingerprint density at radius 2 is 2.22 bits per heavy atom. The van der Waals surface area contributed by atoms with Gasteiger partial charge < -0.3 is 9.30 Å². The lowest BCUT2D eigenvalue weighted by Gasteiger charge is -1.99. The smallest absolute Gasteiger partial charge is 0.358 e. The van der Waals surface area contributed by atoms with Crippen LogP contribution in [0, 0.1) is 6.92 Å². The maximum Gasteiger partial charge on any atom is 0.358 e. The van der Waals surface area contributed by atoms with Gasteiger partial charge in [-0.15, -0.1) is 0 Å². The fourth-order valence-electron chi connectivity index (χ4n) is 1.76. The van der Waals surface area contributed by atoms with Crippen LogP contribution in [-0.2, 0) is 18.3 Å². The highest BCUT2D eigenvalue weighted by Gasteiger charge is 2.11. The average molecular weight is 248 g/mol. The Kier molecular flexibility index (Phi) is 3.45. The first-order valence-electron chi connectivity index (χ1n) is 5.78. The molecule has 96 valence electrons. The minimum absolute atomic E-state index is 0.332. The minimum Gasteiger partial charge on any atom is -0.461 e. The number of imidazole rings is 1. The summed E-state index contributed by atoms with van der Waals surface area (Å²) in [7, 11) is 1.88. The van der Waals surface area contributed by atoms with Crippen LogP contribution in [0.25, 0.3) is 0 Å². The highest BCUT2D eigenvalue weighted by atomic mass is 16.5. The molecular weight excluding hydrogens is 232 g/mol. The molecule has 0 atom stereocenters. The molecule has 0 aliphatic carbocycles. The van der Waals surface area contributed by atoms with Crippen molar-refractivity contribution >= 4 is 5.97 Å². The van der Waals surface area contributed by atoms with Crippen molar-refractivity contribution in [3.63, 3.8) is 0 Å². The highest BCUT2D eigenvalue weighted by Crippen LogP contribution is 2.08. The van der Waals surface area contributed by atoms with Crippen LogP contribution in [0.5, 0.6) is 0 Å². The van der Waals surface area contributed by atoms with Gasteiger partial charge in [-0.1, -0.05) is 0 Å². The molecule has 0 bridgehead atoms. The minimum atomic E-state index is -0.390. The number of aromatic nitrogens is 4. The molecule has 6 nitrogen and oxygen atoms in total. The summed E-state index contributed by atoms with van der Waals surface area (Å²) in [5.74, 6) is -0.390. The average Bonchev–Trinajstić information content (AvgIpc) is 2.88. The van der Waals surface area contributed by atoms with Crippen molar-refractivity contribution in [1.29, 1.82) is 0 Å². The maximum atomic E-state index is 11.5. The number of hydrogen-bond acceptors (Lipinski definition) is 4. The quantitative estimate of drug-likeness (QED) is 0.761. The molecular formula is C12H16N4O2. The zero-order valence-electron chi connectivity index (χ0n) is 10.8. The number of carbonyl (C=O) groups excluding carboxylic acids is 1. The second-order valence-electron chi connectivity index (χ2n) is 4.07. The van der Waals surface area contributed by atoms with Gasteiger partial charge in [0.25, 0.3) is 0 Å². The second kappa shape index (κ2) is 5.03. The van der Waals surface area contributed by atoms with E-state index in [-0.39, 0.29) is 5.97 Å². The first-order chi connectivity index (χ1) is 8.60. The Labute approximate surface area is 105 Å². The standard InChI is InChI=1S/C12H16N4O2/c1-4-18-12(17)11-7-16(8-13-11)6-10-5-15(3)14-9(10)2/h5,7-8H,4,6H2,1-3H3. The van der Waals surface area contributed by atoms with Gasteiger partial charge in [0.05, 0.1) is 25.2 Å². The van der Waals surface area contributed by atoms with E-state index < -0.39 is 0 Å². The molecule has 0 aliphatic heterocycles. The third-order valence-corrected chi connectivity index (χ3v) is 2.59. The Morgan fingerprint density at radius 3 is 2.83 bits per heavy atom. The molecule has 2 heterocycles. The molecule has 2 aromatic heterocycles. The van der Waals surface area contributed by atoms with E-state index >= 15 is 0 Å².